The Labute approximate surface area is 83.6 Å². The van der Waals surface area contributed by atoms with E-state index in [1.54, 1.807) is 0 Å². The van der Waals surface area contributed by atoms with E-state index in [0.29, 0.717) is 0 Å². The number of hydrogen-bond acceptors (Lipinski definition) is 3. The molecule has 3 nitrogen and oxygen atoms in total. The molecule has 0 bridgehead atoms. The number of ether oxygens (including phenoxy) is 1. The summed E-state index contributed by atoms with van der Waals surface area (Å²) in [7, 11) is 0. The summed E-state index contributed by atoms with van der Waals surface area (Å²) >= 11 is 0. The zero-order chi connectivity index (χ0) is 11.6. The summed E-state index contributed by atoms with van der Waals surface area (Å²) < 4.78 is 39.5. The van der Waals surface area contributed by atoms with E-state index in [4.69, 9.17) is 5.73 Å². The monoisotopic (exact) mass is 219 g/mol. The van der Waals surface area contributed by atoms with Crippen LogP contribution in [0.3, 0.4) is 0 Å². The Hall–Kier alpha value is -1.72. The lowest BCUT2D eigenvalue weighted by Gasteiger charge is -2.12. The van der Waals surface area contributed by atoms with Crippen molar-refractivity contribution in [2.75, 3.05) is 5.73 Å². The van der Waals surface area contributed by atoms with E-state index in [9.17, 15) is 18.0 Å². The minimum Gasteiger partial charge on any atom is -0.405 e. The van der Waals surface area contributed by atoms with Crippen LogP contribution in [0.25, 0.3) is 0 Å². The smallest absolute Gasteiger partial charge is 0.405 e. The van der Waals surface area contributed by atoms with Crippen molar-refractivity contribution in [3.8, 4) is 5.75 Å². The molecule has 0 radical (unpaired) electrons. The van der Waals surface area contributed by atoms with Crippen molar-refractivity contribution in [1.29, 1.82) is 0 Å². The van der Waals surface area contributed by atoms with Crippen LogP contribution < -0.4 is 10.5 Å². The van der Waals surface area contributed by atoms with Crippen molar-refractivity contribution >= 4 is 11.5 Å². The first kappa shape index (κ1) is 11.4. The third-order valence-corrected chi connectivity index (χ3v) is 1.61. The van der Waals surface area contributed by atoms with Gasteiger partial charge in [0.25, 0.3) is 0 Å². The van der Waals surface area contributed by atoms with Crippen molar-refractivity contribution in [1.82, 2.24) is 0 Å². The van der Waals surface area contributed by atoms with Crippen LogP contribution in [0.4, 0.5) is 18.9 Å². The zero-order valence-corrected chi connectivity index (χ0v) is 7.76. The maximum absolute atomic E-state index is 11.9. The molecule has 6 heteroatoms. The fraction of sp³-hybridized carbons (Fsp3) is 0.222. The molecule has 1 aromatic rings. The molecule has 2 N–H and O–H groups in total. The molecule has 0 atom stereocenters. The number of carbonyl (C=O) groups excluding carboxylic acids is 1. The topological polar surface area (TPSA) is 52.3 Å². The molecule has 0 heterocycles. The van der Waals surface area contributed by atoms with E-state index < -0.39 is 17.9 Å². The molecule has 0 spiro atoms. The molecule has 0 aliphatic rings. The Morgan fingerprint density at radius 3 is 2.47 bits per heavy atom. The predicted octanol–water partition coefficient (Wildman–Crippen LogP) is 2.37. The van der Waals surface area contributed by atoms with Gasteiger partial charge < -0.3 is 10.5 Å². The summed E-state index contributed by atoms with van der Waals surface area (Å²) in [5.74, 6) is -1.09. The molecule has 1 aromatic carbocycles. The van der Waals surface area contributed by atoms with Crippen molar-refractivity contribution in [3.63, 3.8) is 0 Å². The van der Waals surface area contributed by atoms with Crippen molar-refractivity contribution in [2.45, 2.75) is 13.3 Å². The van der Waals surface area contributed by atoms with Crippen LogP contribution in [0.2, 0.25) is 0 Å². The molecule has 0 amide bonds. The highest BCUT2D eigenvalue weighted by Crippen LogP contribution is 2.28. The Balaban J connectivity index is 3.13. The van der Waals surface area contributed by atoms with Gasteiger partial charge in [-0.2, -0.15) is 0 Å². The van der Waals surface area contributed by atoms with Gasteiger partial charge in [0.2, 0.25) is 0 Å². The first-order chi connectivity index (χ1) is 6.79. The number of anilines is 1. The highest BCUT2D eigenvalue weighted by molar-refractivity contribution is 5.97. The average molecular weight is 219 g/mol. The number of alkyl halides is 3. The van der Waals surface area contributed by atoms with Gasteiger partial charge in [-0.05, 0) is 19.1 Å². The van der Waals surface area contributed by atoms with Crippen molar-refractivity contribution < 1.29 is 22.7 Å². The summed E-state index contributed by atoms with van der Waals surface area (Å²) in [6.07, 6.45) is -4.84. The first-order valence-electron chi connectivity index (χ1n) is 3.96. The SMILES string of the molecule is CC(=O)c1ccc(N)cc1OC(F)(F)F. The summed E-state index contributed by atoms with van der Waals surface area (Å²) in [6.45, 7) is 1.15. The molecule has 82 valence electrons. The van der Waals surface area contributed by atoms with Crippen LogP contribution in [0.15, 0.2) is 18.2 Å². The molecule has 0 unspecified atom stereocenters. The van der Waals surface area contributed by atoms with Gasteiger partial charge in [0.05, 0.1) is 5.56 Å². The van der Waals surface area contributed by atoms with E-state index in [-0.39, 0.29) is 11.3 Å². The van der Waals surface area contributed by atoms with Crippen molar-refractivity contribution in [3.05, 3.63) is 23.8 Å². The number of nitrogens with two attached hydrogens (primary N) is 1. The lowest BCUT2D eigenvalue weighted by atomic mass is 10.1. The second kappa shape index (κ2) is 3.80. The lowest BCUT2D eigenvalue weighted by Crippen LogP contribution is -2.18. The fourth-order valence-electron chi connectivity index (χ4n) is 1.04. The summed E-state index contributed by atoms with van der Waals surface area (Å²) in [4.78, 5) is 11.0. The maximum atomic E-state index is 11.9. The molecular weight excluding hydrogens is 211 g/mol. The quantitative estimate of drug-likeness (QED) is 0.613. The molecule has 15 heavy (non-hydrogen) atoms. The third kappa shape index (κ3) is 3.16. The molecular formula is C9H8F3NO2. The van der Waals surface area contributed by atoms with Crippen LogP contribution in [-0.2, 0) is 0 Å². The van der Waals surface area contributed by atoms with Gasteiger partial charge in [-0.15, -0.1) is 13.2 Å². The summed E-state index contributed by atoms with van der Waals surface area (Å²) in [5.41, 5.74) is 5.23. The van der Waals surface area contributed by atoms with Gasteiger partial charge in [0, 0.05) is 11.8 Å². The fourth-order valence-corrected chi connectivity index (χ4v) is 1.04. The Bertz CT molecular complexity index is 387. The third-order valence-electron chi connectivity index (χ3n) is 1.61. The Kier molecular flexibility index (Phi) is 2.88. The lowest BCUT2D eigenvalue weighted by molar-refractivity contribution is -0.274. The van der Waals surface area contributed by atoms with Gasteiger partial charge in [-0.25, -0.2) is 0 Å². The summed E-state index contributed by atoms with van der Waals surface area (Å²) in [6, 6.07) is 3.49. The number of carbonyl (C=O) groups is 1. The normalized spacial score (nSPS) is 11.2. The van der Waals surface area contributed by atoms with E-state index >= 15 is 0 Å². The van der Waals surface area contributed by atoms with Gasteiger partial charge in [-0.1, -0.05) is 0 Å². The van der Waals surface area contributed by atoms with Gasteiger partial charge in [-0.3, -0.25) is 4.79 Å². The molecule has 0 saturated heterocycles. The highest BCUT2D eigenvalue weighted by Gasteiger charge is 2.32. The molecule has 0 aliphatic carbocycles. The standard InChI is InChI=1S/C9H8F3NO2/c1-5(14)7-3-2-6(13)4-8(7)15-9(10,11)12/h2-4H,13H2,1H3. The number of benzene rings is 1. The van der Waals surface area contributed by atoms with Gasteiger partial charge in [0.15, 0.2) is 5.78 Å². The average Bonchev–Trinajstić information content (AvgIpc) is 1.99. The Morgan fingerprint density at radius 2 is 2.00 bits per heavy atom. The number of halogens is 3. The van der Waals surface area contributed by atoms with E-state index in [1.165, 1.54) is 12.1 Å². The van der Waals surface area contributed by atoms with E-state index in [1.807, 2.05) is 0 Å². The van der Waals surface area contributed by atoms with Crippen LogP contribution in [0.5, 0.6) is 5.75 Å². The van der Waals surface area contributed by atoms with E-state index in [0.717, 1.165) is 13.0 Å². The zero-order valence-electron chi connectivity index (χ0n) is 7.76. The number of Topliss-reactive ketones (excluding diaryl/α,β-unsaturated/α-hetero) is 1. The molecule has 1 rings (SSSR count). The predicted molar refractivity (Wildman–Crippen MR) is 47.5 cm³/mol. The maximum Gasteiger partial charge on any atom is 0.573 e. The molecule has 0 aromatic heterocycles. The van der Waals surface area contributed by atoms with Crippen LogP contribution in [0.1, 0.15) is 17.3 Å². The minimum absolute atomic E-state index is 0.0965. The second-order valence-electron chi connectivity index (χ2n) is 2.86. The first-order valence-corrected chi connectivity index (χ1v) is 3.96. The highest BCUT2D eigenvalue weighted by atomic mass is 19.4. The van der Waals surface area contributed by atoms with Gasteiger partial charge >= 0.3 is 6.36 Å². The van der Waals surface area contributed by atoms with Crippen LogP contribution >= 0.6 is 0 Å². The molecule has 0 aliphatic heterocycles. The Morgan fingerprint density at radius 1 is 1.40 bits per heavy atom. The number of rotatable bonds is 2. The number of ketones is 1. The minimum atomic E-state index is -4.84. The molecule has 0 fully saturated rings. The van der Waals surface area contributed by atoms with E-state index in [2.05, 4.69) is 4.74 Å². The van der Waals surface area contributed by atoms with Crippen molar-refractivity contribution in [2.24, 2.45) is 0 Å². The van der Waals surface area contributed by atoms with Gasteiger partial charge in [0.1, 0.15) is 5.75 Å². The number of nitrogen functional groups attached to an aromatic ring is 1. The van der Waals surface area contributed by atoms with Crippen LogP contribution in [0, 0.1) is 0 Å². The van der Waals surface area contributed by atoms with Crippen LogP contribution in [-0.4, -0.2) is 12.1 Å². The summed E-state index contributed by atoms with van der Waals surface area (Å²) in [5, 5.41) is 0. The second-order valence-corrected chi connectivity index (χ2v) is 2.86. The number of hydrogen-bond donors (Lipinski definition) is 1. The molecule has 0 saturated carbocycles. The largest absolute Gasteiger partial charge is 0.573 e.